The molecule has 1 atom stereocenters. The van der Waals surface area contributed by atoms with E-state index >= 15 is 0 Å². The molecular formula is C4H28B20. The first-order valence-electron chi connectivity index (χ1n) is 11.1. The minimum atomic E-state index is 0.823. The summed E-state index contributed by atoms with van der Waals surface area (Å²) in [4.78, 5) is 0. The summed E-state index contributed by atoms with van der Waals surface area (Å²) in [5, 5.41) is 0. The van der Waals surface area contributed by atoms with Gasteiger partial charge < -0.3 is 0 Å². The first-order chi connectivity index (χ1) is 11.1. The van der Waals surface area contributed by atoms with Crippen LogP contribution in [0.4, 0.5) is 0 Å². The summed E-state index contributed by atoms with van der Waals surface area (Å²) in [5.74, 6) is 0.917. The molecule has 1 heterocycles. The Hall–Kier alpha value is 1.30. The first-order valence-corrected chi connectivity index (χ1v) is 11.1. The lowest BCUT2D eigenvalue weighted by Gasteiger charge is -2.33. The van der Waals surface area contributed by atoms with Crippen LogP contribution in [-0.4, -0.2) is 142 Å². The molecule has 0 unspecified atom stereocenters. The zero-order valence-corrected chi connectivity index (χ0v) is 18.6. The highest BCUT2D eigenvalue weighted by molar-refractivity contribution is 8.04. The molecule has 1 saturated heterocycles. The molecule has 1 fully saturated rings. The molecule has 20 heteroatoms. The van der Waals surface area contributed by atoms with Gasteiger partial charge in [-0.05, 0) is 0 Å². The largest absolute Gasteiger partial charge is 0.109 e. The summed E-state index contributed by atoms with van der Waals surface area (Å²) < 4.78 is 0. The van der Waals surface area contributed by atoms with Gasteiger partial charge in [0, 0.05) is 58.8 Å². The van der Waals surface area contributed by atoms with E-state index in [1.54, 1.807) is 0 Å². The minimum absolute atomic E-state index is 0.823. The number of hydrogen-bond acceptors (Lipinski definition) is 0. The predicted octanol–water partition coefficient (Wildman–Crippen LogP) is -11.2. The second-order valence-corrected chi connectivity index (χ2v) is 10.2. The van der Waals surface area contributed by atoms with Gasteiger partial charge in [-0.3, -0.25) is 0 Å². The van der Waals surface area contributed by atoms with E-state index < -0.39 is 0 Å². The van der Waals surface area contributed by atoms with Gasteiger partial charge in [0.15, 0.2) is 0 Å². The number of rotatable bonds is 9. The van der Waals surface area contributed by atoms with Crippen LogP contribution in [0.3, 0.4) is 0 Å². The highest BCUT2D eigenvalue weighted by atomic mass is 13.9. The zero-order valence-electron chi connectivity index (χ0n) is 18.6. The maximum Gasteiger partial charge on any atom is 0.0848 e. The maximum atomic E-state index is 2.57. The minimum Gasteiger partial charge on any atom is -0.109 e. The third kappa shape index (κ3) is 5.65. The van der Waals surface area contributed by atoms with Crippen LogP contribution < -0.4 is 0 Å². The molecule has 0 bridgehead atoms. The predicted molar refractivity (Wildman–Crippen MR) is 162 cm³/mol. The van der Waals surface area contributed by atoms with Crippen molar-refractivity contribution in [1.82, 2.24) is 0 Å². The van der Waals surface area contributed by atoms with Crippen molar-refractivity contribution in [3.8, 4) is 0 Å². The molecular weight excluding hydrogens is 264 g/mol. The van der Waals surface area contributed by atoms with Gasteiger partial charge >= 0.3 is 0 Å². The van der Waals surface area contributed by atoms with Gasteiger partial charge in [-0.15, -0.1) is 6.22 Å². The van der Waals surface area contributed by atoms with Gasteiger partial charge in [0.1, 0.15) is 0 Å². The van der Waals surface area contributed by atoms with Crippen LogP contribution in [0.25, 0.3) is 0 Å². The fraction of sp³-hybridized carbons (Fsp3) is 1.00. The Balaban J connectivity index is 3.00. The van der Waals surface area contributed by atoms with Crippen LogP contribution in [0.5, 0.6) is 0 Å². The summed E-state index contributed by atoms with van der Waals surface area (Å²) in [7, 11) is 24.8. The molecule has 0 aromatic heterocycles. The van der Waals surface area contributed by atoms with Gasteiger partial charge in [0.25, 0.3) is 0 Å². The third-order valence-electron chi connectivity index (χ3n) is 7.68. The molecule has 104 valence electrons. The van der Waals surface area contributed by atoms with Crippen LogP contribution in [0, 0.1) is 0 Å². The van der Waals surface area contributed by atoms with E-state index in [9.17, 15) is 0 Å². The molecule has 1 aliphatic heterocycles. The molecule has 1 rings (SSSR count). The van der Waals surface area contributed by atoms with E-state index in [1.807, 2.05) is 0 Å². The van der Waals surface area contributed by atoms with Crippen molar-refractivity contribution in [3.05, 3.63) is 0 Å². The lowest BCUT2D eigenvalue weighted by Crippen LogP contribution is -2.69. The summed E-state index contributed by atoms with van der Waals surface area (Å²) in [5.41, 5.74) is 0. The molecule has 0 aromatic rings. The molecule has 0 spiro atoms. The first kappa shape index (κ1) is 23.3. The molecule has 0 radical (unpaired) electrons. The SMILES string of the molecule is BBB(B)B(B(B)B)B1CB(B(B(B)B)B(BB)B(B)B)[C@H](C)C1. The molecule has 0 aromatic carbocycles. The quantitative estimate of drug-likeness (QED) is 0.370. The number of hydrogen-bond donors (Lipinski definition) is 0. The fourth-order valence-corrected chi connectivity index (χ4v) is 6.61. The second kappa shape index (κ2) is 10.6. The molecule has 0 saturated carbocycles. The highest BCUT2D eigenvalue weighted by Gasteiger charge is 2.49. The van der Waals surface area contributed by atoms with E-state index in [0.717, 1.165) is 63.7 Å². The van der Waals surface area contributed by atoms with Crippen molar-refractivity contribution in [1.29, 1.82) is 0 Å². The van der Waals surface area contributed by atoms with E-state index in [1.165, 1.54) is 26.7 Å². The topological polar surface area (TPSA) is 0 Å². The summed E-state index contributed by atoms with van der Waals surface area (Å²) in [6, 6.07) is 0. The van der Waals surface area contributed by atoms with Gasteiger partial charge in [-0.1, -0.05) is 19.1 Å². The van der Waals surface area contributed by atoms with E-state index in [0.29, 0.717) is 0 Å². The Morgan fingerprint density at radius 1 is 0.833 bits per heavy atom. The Morgan fingerprint density at radius 2 is 1.38 bits per heavy atom. The van der Waals surface area contributed by atoms with E-state index in [4.69, 9.17) is 0 Å². The Bertz CT molecular complexity index is 356. The fourth-order valence-electron chi connectivity index (χ4n) is 6.61. The van der Waals surface area contributed by atoms with Gasteiger partial charge in [0.05, 0.1) is 82.8 Å². The smallest absolute Gasteiger partial charge is 0.0848 e. The molecule has 0 N–H and O–H groups in total. The lowest BCUT2D eigenvalue weighted by molar-refractivity contribution is 1.06. The van der Waals surface area contributed by atoms with Crippen LogP contribution in [0.1, 0.15) is 6.92 Å². The van der Waals surface area contributed by atoms with Crippen molar-refractivity contribution in [2.24, 2.45) is 0 Å². The molecule has 0 amide bonds. The zero-order chi connectivity index (χ0) is 18.6. The monoisotopic (exact) mass is 296 g/mol. The molecule has 1 aliphatic rings. The van der Waals surface area contributed by atoms with Crippen molar-refractivity contribution < 1.29 is 0 Å². The standard InChI is InChI=1S/C4H28B20/c1-4-2-16(23(19(9)10)21(13)14-5)3-17(4)24(20(11)12)22(15-6)18(7)8/h4,14-15H,2-3,5-13H2,1H3/t4-/m1/s1. The highest BCUT2D eigenvalue weighted by Crippen LogP contribution is 2.34. The van der Waals surface area contributed by atoms with Gasteiger partial charge in [0.2, 0.25) is 0 Å². The summed E-state index contributed by atoms with van der Waals surface area (Å²) >= 11 is 0. The van der Waals surface area contributed by atoms with Crippen molar-refractivity contribution in [2.45, 2.75) is 25.3 Å². The lowest BCUT2D eigenvalue weighted by atomic mass is 8.52. The summed E-state index contributed by atoms with van der Waals surface area (Å²) in [6.07, 6.45) is 9.09. The summed E-state index contributed by atoms with van der Waals surface area (Å²) in [6.45, 7) is 4.49. The van der Waals surface area contributed by atoms with Crippen LogP contribution in [0.2, 0.25) is 18.4 Å². The molecule has 24 heavy (non-hydrogen) atoms. The van der Waals surface area contributed by atoms with E-state index in [2.05, 4.69) is 76.6 Å². The van der Waals surface area contributed by atoms with Crippen LogP contribution in [-0.2, 0) is 0 Å². The van der Waals surface area contributed by atoms with Crippen molar-refractivity contribution >= 4 is 142 Å². The third-order valence-corrected chi connectivity index (χ3v) is 7.68. The second-order valence-electron chi connectivity index (χ2n) is 10.2. The maximum absolute atomic E-state index is 2.57. The van der Waals surface area contributed by atoms with Crippen molar-refractivity contribution in [2.75, 3.05) is 0 Å². The Labute approximate surface area is 166 Å². The van der Waals surface area contributed by atoms with Gasteiger partial charge in [-0.2, -0.15) is 0 Å². The van der Waals surface area contributed by atoms with E-state index in [-0.39, 0.29) is 0 Å². The van der Waals surface area contributed by atoms with Crippen LogP contribution in [0.15, 0.2) is 0 Å². The van der Waals surface area contributed by atoms with Crippen molar-refractivity contribution in [3.63, 3.8) is 0 Å². The average molecular weight is 293 g/mol. The Morgan fingerprint density at radius 3 is 1.75 bits per heavy atom. The van der Waals surface area contributed by atoms with Gasteiger partial charge in [-0.25, -0.2) is 0 Å². The molecule has 0 aliphatic carbocycles. The Kier molecular flexibility index (Phi) is 10.3. The molecule has 0 nitrogen and oxygen atoms in total. The average Bonchev–Trinajstić information content (AvgIpc) is 2.84. The normalized spacial score (nSPS) is 16.3. The van der Waals surface area contributed by atoms with Crippen LogP contribution >= 0.6 is 0 Å².